The van der Waals surface area contributed by atoms with Crippen molar-refractivity contribution in [3.63, 3.8) is 0 Å². The molecule has 1 saturated carbocycles. The Morgan fingerprint density at radius 1 is 1.33 bits per heavy atom. The van der Waals surface area contributed by atoms with Crippen molar-refractivity contribution in [2.24, 2.45) is 10.9 Å². The summed E-state index contributed by atoms with van der Waals surface area (Å²) in [5, 5.41) is 3.66. The third kappa shape index (κ3) is 4.55. The molecule has 0 spiro atoms. The number of rotatable bonds is 5. The van der Waals surface area contributed by atoms with Crippen LogP contribution in [0.2, 0.25) is 0 Å². The number of methoxy groups -OCH3 is 1. The normalized spacial score (nSPS) is 26.0. The van der Waals surface area contributed by atoms with Gasteiger partial charge in [0, 0.05) is 32.1 Å². The molecule has 1 aromatic carbocycles. The quantitative estimate of drug-likeness (QED) is 0.427. The number of ether oxygens (including phenoxy) is 1. The van der Waals surface area contributed by atoms with Crippen molar-refractivity contribution in [1.82, 2.24) is 10.2 Å². The van der Waals surface area contributed by atoms with Gasteiger partial charge in [-0.05, 0) is 42.9 Å². The van der Waals surface area contributed by atoms with Crippen molar-refractivity contribution in [3.8, 4) is 5.75 Å². The zero-order chi connectivity index (χ0) is 16.2. The maximum Gasteiger partial charge on any atom is 0.193 e. The lowest BCUT2D eigenvalue weighted by molar-refractivity contribution is 0.414. The summed E-state index contributed by atoms with van der Waals surface area (Å²) >= 11 is 0. The Hall–Kier alpha value is -0.980. The van der Waals surface area contributed by atoms with Crippen LogP contribution in [0.1, 0.15) is 44.1 Å². The first-order valence-corrected chi connectivity index (χ1v) is 8.87. The van der Waals surface area contributed by atoms with Crippen molar-refractivity contribution >= 4 is 29.9 Å². The predicted octanol–water partition coefficient (Wildman–Crippen LogP) is 3.87. The third-order valence-corrected chi connectivity index (χ3v) is 5.18. The van der Waals surface area contributed by atoms with Crippen molar-refractivity contribution < 1.29 is 4.74 Å². The largest absolute Gasteiger partial charge is 0.497 e. The summed E-state index contributed by atoms with van der Waals surface area (Å²) in [5.41, 5.74) is 1.40. The molecule has 1 saturated heterocycles. The summed E-state index contributed by atoms with van der Waals surface area (Å²) in [6.45, 7) is 4.41. The molecule has 3 atom stereocenters. The molecule has 134 valence electrons. The first-order chi connectivity index (χ1) is 11.2. The number of benzene rings is 1. The molecular formula is C19H30IN3O. The van der Waals surface area contributed by atoms with E-state index >= 15 is 0 Å². The van der Waals surface area contributed by atoms with Crippen LogP contribution in [0.15, 0.2) is 29.3 Å². The second-order valence-electron chi connectivity index (χ2n) is 6.79. The van der Waals surface area contributed by atoms with Gasteiger partial charge in [0.15, 0.2) is 5.96 Å². The fraction of sp³-hybridized carbons (Fsp3) is 0.632. The standard InChI is InChI=1S/C19H29N3O.HI/c1-4-5-15-12-18(15)21-19(20-2)22-11-10-16(13-22)14-6-8-17(23-3)9-7-14;/h6-9,15-16,18H,4-5,10-13H2,1-3H3,(H,20,21);1H. The van der Waals surface area contributed by atoms with Gasteiger partial charge in [-0.3, -0.25) is 4.99 Å². The fourth-order valence-electron chi connectivity index (χ4n) is 3.68. The van der Waals surface area contributed by atoms with Gasteiger partial charge >= 0.3 is 0 Å². The summed E-state index contributed by atoms with van der Waals surface area (Å²) < 4.78 is 5.25. The van der Waals surface area contributed by atoms with Gasteiger partial charge in [0.1, 0.15) is 5.75 Å². The summed E-state index contributed by atoms with van der Waals surface area (Å²) in [5.74, 6) is 3.46. The van der Waals surface area contributed by atoms with E-state index in [0.29, 0.717) is 12.0 Å². The fourth-order valence-corrected chi connectivity index (χ4v) is 3.68. The van der Waals surface area contributed by atoms with E-state index in [1.165, 1.54) is 31.2 Å². The lowest BCUT2D eigenvalue weighted by atomic mass is 9.98. The van der Waals surface area contributed by atoms with Crippen LogP contribution >= 0.6 is 24.0 Å². The van der Waals surface area contributed by atoms with E-state index in [9.17, 15) is 0 Å². The Morgan fingerprint density at radius 3 is 2.71 bits per heavy atom. The zero-order valence-electron chi connectivity index (χ0n) is 15.0. The molecule has 3 unspecified atom stereocenters. The average molecular weight is 443 g/mol. The van der Waals surface area contributed by atoms with E-state index in [-0.39, 0.29) is 24.0 Å². The van der Waals surface area contributed by atoms with Crippen LogP contribution in [0, 0.1) is 5.92 Å². The van der Waals surface area contributed by atoms with E-state index in [1.54, 1.807) is 7.11 Å². The lowest BCUT2D eigenvalue weighted by Crippen LogP contribution is -2.41. The molecule has 0 radical (unpaired) electrons. The van der Waals surface area contributed by atoms with Crippen LogP contribution in [-0.4, -0.2) is 44.1 Å². The van der Waals surface area contributed by atoms with Gasteiger partial charge in [-0.2, -0.15) is 0 Å². The summed E-state index contributed by atoms with van der Waals surface area (Å²) in [6, 6.07) is 9.16. The number of aliphatic imine (C=N–C) groups is 1. The van der Waals surface area contributed by atoms with Gasteiger partial charge in [0.25, 0.3) is 0 Å². The van der Waals surface area contributed by atoms with Gasteiger partial charge < -0.3 is 15.0 Å². The summed E-state index contributed by atoms with van der Waals surface area (Å²) in [4.78, 5) is 6.92. The van der Waals surface area contributed by atoms with E-state index in [0.717, 1.165) is 30.7 Å². The van der Waals surface area contributed by atoms with Crippen LogP contribution in [0.5, 0.6) is 5.75 Å². The second-order valence-corrected chi connectivity index (χ2v) is 6.79. The molecule has 0 bridgehead atoms. The van der Waals surface area contributed by atoms with Crippen molar-refractivity contribution in [3.05, 3.63) is 29.8 Å². The number of likely N-dealkylation sites (tertiary alicyclic amines) is 1. The maximum atomic E-state index is 5.25. The molecule has 4 nitrogen and oxygen atoms in total. The molecule has 24 heavy (non-hydrogen) atoms. The van der Waals surface area contributed by atoms with Gasteiger partial charge in [0.05, 0.1) is 7.11 Å². The number of guanidine groups is 1. The number of nitrogens with zero attached hydrogens (tertiary/aromatic N) is 2. The number of hydrogen-bond acceptors (Lipinski definition) is 2. The topological polar surface area (TPSA) is 36.9 Å². The van der Waals surface area contributed by atoms with Crippen molar-refractivity contribution in [2.75, 3.05) is 27.2 Å². The molecule has 1 aliphatic carbocycles. The molecule has 3 rings (SSSR count). The molecule has 1 aliphatic heterocycles. The SMILES string of the molecule is CCCC1CC1NC(=NC)N1CCC(c2ccc(OC)cc2)C1.I. The Bertz CT molecular complexity index is 546. The van der Waals surface area contributed by atoms with Crippen molar-refractivity contribution in [2.45, 2.75) is 44.6 Å². The minimum atomic E-state index is 0. The van der Waals surface area contributed by atoms with Gasteiger partial charge in [-0.1, -0.05) is 25.5 Å². The highest BCUT2D eigenvalue weighted by molar-refractivity contribution is 14.0. The van der Waals surface area contributed by atoms with Crippen LogP contribution in [0.4, 0.5) is 0 Å². The highest BCUT2D eigenvalue weighted by Crippen LogP contribution is 2.35. The Kier molecular flexibility index (Phi) is 7.19. The maximum absolute atomic E-state index is 5.25. The summed E-state index contributed by atoms with van der Waals surface area (Å²) in [6.07, 6.45) is 5.12. The molecule has 5 heteroatoms. The zero-order valence-corrected chi connectivity index (χ0v) is 17.3. The second kappa shape index (κ2) is 8.92. The van der Waals surface area contributed by atoms with E-state index in [1.807, 2.05) is 7.05 Å². The highest BCUT2D eigenvalue weighted by Gasteiger charge is 2.38. The molecule has 2 aliphatic rings. The predicted molar refractivity (Wildman–Crippen MR) is 111 cm³/mol. The molecule has 0 amide bonds. The molecule has 1 N–H and O–H groups in total. The molecule has 1 aromatic rings. The monoisotopic (exact) mass is 443 g/mol. The Labute approximate surface area is 163 Å². The smallest absolute Gasteiger partial charge is 0.193 e. The van der Waals surface area contributed by atoms with Gasteiger partial charge in [-0.15, -0.1) is 24.0 Å². The van der Waals surface area contributed by atoms with E-state index < -0.39 is 0 Å². The van der Waals surface area contributed by atoms with Crippen LogP contribution in [0.3, 0.4) is 0 Å². The number of hydrogen-bond donors (Lipinski definition) is 1. The molecular weight excluding hydrogens is 413 g/mol. The van der Waals surface area contributed by atoms with Crippen LogP contribution < -0.4 is 10.1 Å². The summed E-state index contributed by atoms with van der Waals surface area (Å²) in [7, 11) is 3.62. The molecule has 0 aromatic heterocycles. The van der Waals surface area contributed by atoms with E-state index in [2.05, 4.69) is 46.4 Å². The minimum Gasteiger partial charge on any atom is -0.497 e. The first kappa shape index (κ1) is 19.3. The highest BCUT2D eigenvalue weighted by atomic mass is 127. The van der Waals surface area contributed by atoms with Gasteiger partial charge in [-0.25, -0.2) is 0 Å². The average Bonchev–Trinajstić information content (AvgIpc) is 3.13. The molecule has 2 fully saturated rings. The molecule has 1 heterocycles. The Morgan fingerprint density at radius 2 is 2.08 bits per heavy atom. The van der Waals surface area contributed by atoms with Gasteiger partial charge in [0.2, 0.25) is 0 Å². The van der Waals surface area contributed by atoms with Crippen LogP contribution in [0.25, 0.3) is 0 Å². The Balaban J connectivity index is 0.00000208. The van der Waals surface area contributed by atoms with E-state index in [4.69, 9.17) is 4.74 Å². The lowest BCUT2D eigenvalue weighted by Gasteiger charge is -2.22. The third-order valence-electron chi connectivity index (χ3n) is 5.18. The minimum absolute atomic E-state index is 0. The number of nitrogens with one attached hydrogen (secondary N) is 1. The van der Waals surface area contributed by atoms with Crippen molar-refractivity contribution in [1.29, 1.82) is 0 Å². The number of halogens is 1. The first-order valence-electron chi connectivity index (χ1n) is 8.87. The van der Waals surface area contributed by atoms with Crippen LogP contribution in [-0.2, 0) is 0 Å².